The summed E-state index contributed by atoms with van der Waals surface area (Å²) in [6.07, 6.45) is 2.22. The summed E-state index contributed by atoms with van der Waals surface area (Å²) in [5, 5.41) is 2.78. The predicted molar refractivity (Wildman–Crippen MR) is 104 cm³/mol. The van der Waals surface area contributed by atoms with Crippen molar-refractivity contribution >= 4 is 23.4 Å². The van der Waals surface area contributed by atoms with Gasteiger partial charge < -0.3 is 15.0 Å². The summed E-state index contributed by atoms with van der Waals surface area (Å²) < 4.78 is 5.91. The summed E-state index contributed by atoms with van der Waals surface area (Å²) in [5.41, 5.74) is 1.93. The molecule has 3 heterocycles. The van der Waals surface area contributed by atoms with Crippen LogP contribution < -0.4 is 5.32 Å². The monoisotopic (exact) mass is 401 g/mol. The van der Waals surface area contributed by atoms with Gasteiger partial charge in [0.05, 0.1) is 24.0 Å². The van der Waals surface area contributed by atoms with Crippen LogP contribution in [0.2, 0.25) is 5.15 Å². The summed E-state index contributed by atoms with van der Waals surface area (Å²) >= 11 is 6.24. The van der Waals surface area contributed by atoms with Crippen molar-refractivity contribution in [2.45, 2.75) is 19.1 Å². The third-order valence-corrected chi connectivity index (χ3v) is 4.74. The van der Waals surface area contributed by atoms with Crippen LogP contribution in [-0.4, -0.2) is 57.9 Å². The van der Waals surface area contributed by atoms with E-state index in [9.17, 15) is 9.59 Å². The Morgan fingerprint density at radius 3 is 2.82 bits per heavy atom. The smallest absolute Gasteiger partial charge is 0.269 e. The number of amides is 2. The minimum Gasteiger partial charge on any atom is -0.370 e. The average molecular weight is 402 g/mol. The number of carbonyl (C=O) groups is 2. The van der Waals surface area contributed by atoms with Crippen LogP contribution in [0.4, 0.5) is 0 Å². The van der Waals surface area contributed by atoms with E-state index in [1.807, 2.05) is 6.92 Å². The van der Waals surface area contributed by atoms with Crippen molar-refractivity contribution in [3.8, 4) is 11.4 Å². The lowest BCUT2D eigenvalue weighted by Gasteiger charge is -2.39. The van der Waals surface area contributed by atoms with Crippen molar-refractivity contribution in [2.75, 3.05) is 20.2 Å². The van der Waals surface area contributed by atoms with Crippen LogP contribution >= 0.6 is 11.6 Å². The first-order valence-electron chi connectivity index (χ1n) is 8.71. The van der Waals surface area contributed by atoms with E-state index in [4.69, 9.17) is 16.3 Å². The molecule has 1 saturated heterocycles. The van der Waals surface area contributed by atoms with Crippen molar-refractivity contribution < 1.29 is 14.3 Å². The molecule has 2 aromatic heterocycles. The number of hydrogen-bond donors (Lipinski definition) is 1. The van der Waals surface area contributed by atoms with Crippen LogP contribution in [0, 0.1) is 0 Å². The van der Waals surface area contributed by atoms with Gasteiger partial charge in [0, 0.05) is 13.6 Å². The van der Waals surface area contributed by atoms with Gasteiger partial charge in [0.1, 0.15) is 23.3 Å². The number of pyridine rings is 1. The second-order valence-electron chi connectivity index (χ2n) is 6.24. The molecular weight excluding hydrogens is 382 g/mol. The summed E-state index contributed by atoms with van der Waals surface area (Å²) in [7, 11) is 1.53. The minimum absolute atomic E-state index is 0.146. The molecule has 0 unspecified atom stereocenters. The highest BCUT2D eigenvalue weighted by atomic mass is 35.5. The normalized spacial score (nSPS) is 19.2. The lowest BCUT2D eigenvalue weighted by atomic mass is 10.00. The fourth-order valence-corrected chi connectivity index (χ4v) is 3.37. The Bertz CT molecular complexity index is 920. The van der Waals surface area contributed by atoms with Gasteiger partial charge in [-0.1, -0.05) is 18.2 Å². The number of halogens is 1. The fraction of sp³-hybridized carbons (Fsp3) is 0.316. The molecule has 0 bridgehead atoms. The Morgan fingerprint density at radius 1 is 1.32 bits per heavy atom. The highest BCUT2D eigenvalue weighted by molar-refractivity contribution is 6.29. The summed E-state index contributed by atoms with van der Waals surface area (Å²) in [6.45, 7) is 6.36. The quantitative estimate of drug-likeness (QED) is 0.621. The molecule has 146 valence electrons. The van der Waals surface area contributed by atoms with Crippen LogP contribution in [0.25, 0.3) is 11.4 Å². The Labute approximate surface area is 167 Å². The van der Waals surface area contributed by atoms with E-state index in [2.05, 4.69) is 26.8 Å². The van der Waals surface area contributed by atoms with Gasteiger partial charge in [-0.25, -0.2) is 15.0 Å². The lowest BCUT2D eigenvalue weighted by molar-refractivity contribution is -0.140. The Balaban J connectivity index is 1.97. The molecule has 9 heteroatoms. The maximum atomic E-state index is 12.1. The second-order valence-corrected chi connectivity index (χ2v) is 6.63. The number of morpholine rings is 1. The van der Waals surface area contributed by atoms with E-state index in [1.165, 1.54) is 19.5 Å². The summed E-state index contributed by atoms with van der Waals surface area (Å²) in [4.78, 5) is 38.1. The minimum atomic E-state index is -0.378. The molecule has 2 atom stereocenters. The molecule has 8 nitrogen and oxygen atoms in total. The van der Waals surface area contributed by atoms with Gasteiger partial charge in [0.2, 0.25) is 5.91 Å². The zero-order valence-corrected chi connectivity index (χ0v) is 16.3. The lowest BCUT2D eigenvalue weighted by Crippen LogP contribution is -2.48. The molecule has 1 aliphatic rings. The van der Waals surface area contributed by atoms with E-state index in [-0.39, 0.29) is 34.8 Å². The first-order chi connectivity index (χ1) is 13.4. The Hall–Kier alpha value is -2.84. The standard InChI is InChI=1S/C19H20ClN5O3/c1-4-17(26)25-5-6-28-18(11(25)2)12-7-14(24-16(20)8-12)13-9-15(19(27)21-3)23-10-22-13/h4,7-11,18H,1,5-6H2,2-3H3,(H,21,27)/t11-,18-/m1/s1. The molecule has 28 heavy (non-hydrogen) atoms. The molecule has 1 aliphatic heterocycles. The molecule has 0 aliphatic carbocycles. The Morgan fingerprint density at radius 2 is 2.11 bits per heavy atom. The topological polar surface area (TPSA) is 97.3 Å². The van der Waals surface area contributed by atoms with Crippen molar-refractivity contribution in [3.05, 3.63) is 53.6 Å². The van der Waals surface area contributed by atoms with Gasteiger partial charge in [-0.3, -0.25) is 9.59 Å². The van der Waals surface area contributed by atoms with Crippen LogP contribution in [0.1, 0.15) is 29.1 Å². The number of nitrogens with one attached hydrogen (secondary N) is 1. The van der Waals surface area contributed by atoms with Crippen LogP contribution in [-0.2, 0) is 9.53 Å². The number of rotatable bonds is 4. The molecule has 0 aromatic carbocycles. The van der Waals surface area contributed by atoms with E-state index in [1.54, 1.807) is 23.1 Å². The third-order valence-electron chi connectivity index (χ3n) is 4.55. The number of carbonyl (C=O) groups excluding carboxylic acids is 2. The van der Waals surface area contributed by atoms with E-state index in [0.717, 1.165) is 5.56 Å². The molecule has 0 radical (unpaired) electrons. The maximum Gasteiger partial charge on any atom is 0.269 e. The largest absolute Gasteiger partial charge is 0.370 e. The molecule has 3 rings (SSSR count). The van der Waals surface area contributed by atoms with Gasteiger partial charge >= 0.3 is 0 Å². The van der Waals surface area contributed by atoms with E-state index < -0.39 is 0 Å². The summed E-state index contributed by atoms with van der Waals surface area (Å²) in [5.74, 6) is -0.471. The zero-order valence-electron chi connectivity index (χ0n) is 15.6. The van der Waals surface area contributed by atoms with Crippen molar-refractivity contribution in [3.63, 3.8) is 0 Å². The van der Waals surface area contributed by atoms with E-state index >= 15 is 0 Å². The van der Waals surface area contributed by atoms with Gasteiger partial charge in [0.25, 0.3) is 5.91 Å². The van der Waals surface area contributed by atoms with Gasteiger partial charge in [-0.05, 0) is 36.8 Å². The molecule has 0 spiro atoms. The first kappa shape index (κ1) is 19.9. The molecule has 1 N–H and O–H groups in total. The van der Waals surface area contributed by atoms with Gasteiger partial charge in [-0.15, -0.1) is 0 Å². The van der Waals surface area contributed by atoms with Crippen LogP contribution in [0.5, 0.6) is 0 Å². The highest BCUT2D eigenvalue weighted by Gasteiger charge is 2.32. The Kier molecular flexibility index (Phi) is 6.01. The molecule has 0 saturated carbocycles. The number of nitrogens with zero attached hydrogens (tertiary/aromatic N) is 4. The molecule has 2 aromatic rings. The average Bonchev–Trinajstić information content (AvgIpc) is 2.72. The van der Waals surface area contributed by atoms with Gasteiger partial charge in [-0.2, -0.15) is 0 Å². The number of aromatic nitrogens is 3. The van der Waals surface area contributed by atoms with Crippen molar-refractivity contribution in [1.82, 2.24) is 25.2 Å². The van der Waals surface area contributed by atoms with E-state index in [0.29, 0.717) is 24.5 Å². The van der Waals surface area contributed by atoms with Gasteiger partial charge in [0.15, 0.2) is 0 Å². The number of ether oxygens (including phenoxy) is 1. The first-order valence-corrected chi connectivity index (χ1v) is 9.09. The van der Waals surface area contributed by atoms with Crippen molar-refractivity contribution in [1.29, 1.82) is 0 Å². The highest BCUT2D eigenvalue weighted by Crippen LogP contribution is 2.32. The second kappa shape index (κ2) is 8.45. The predicted octanol–water partition coefficient (Wildman–Crippen LogP) is 2.03. The molecule has 2 amide bonds. The molecular formula is C19H20ClN5O3. The fourth-order valence-electron chi connectivity index (χ4n) is 3.15. The van der Waals surface area contributed by atoms with Crippen LogP contribution in [0.15, 0.2) is 37.2 Å². The zero-order chi connectivity index (χ0) is 20.3. The van der Waals surface area contributed by atoms with Crippen molar-refractivity contribution in [2.24, 2.45) is 0 Å². The van der Waals surface area contributed by atoms with Crippen LogP contribution in [0.3, 0.4) is 0 Å². The maximum absolute atomic E-state index is 12.1. The summed E-state index contributed by atoms with van der Waals surface area (Å²) in [6, 6.07) is 4.83. The number of hydrogen-bond acceptors (Lipinski definition) is 6. The third kappa shape index (κ3) is 4.02. The SMILES string of the molecule is C=CC(=O)N1CCO[C@@H](c2cc(Cl)nc(-c3cc(C(=O)NC)ncn3)c2)[C@H]1C. The molecule has 1 fully saturated rings.